The Morgan fingerprint density at radius 2 is 1.35 bits per heavy atom. The Morgan fingerprint density at radius 3 is 1.85 bits per heavy atom. The summed E-state index contributed by atoms with van der Waals surface area (Å²) in [5.74, 6) is 3.63. The molecule has 0 unspecified atom stereocenters. The van der Waals surface area contributed by atoms with Crippen molar-refractivity contribution >= 4 is 0 Å². The number of hydrogen-bond donors (Lipinski definition) is 0. The zero-order valence-corrected chi connectivity index (χ0v) is 13.2. The van der Waals surface area contributed by atoms with Gasteiger partial charge in [0.1, 0.15) is 11.2 Å². The topological polar surface area (TPSA) is 18.5 Å². The minimum atomic E-state index is 0.0405. The average Bonchev–Trinajstić information content (AvgIpc) is 2.77. The first-order valence-corrected chi connectivity index (χ1v) is 9.06. The van der Waals surface area contributed by atoms with Gasteiger partial charge in [-0.1, -0.05) is 26.7 Å². The van der Waals surface area contributed by atoms with E-state index in [1.165, 1.54) is 64.2 Å². The predicted octanol–water partition coefficient (Wildman–Crippen LogP) is 4.87. The second-order valence-electron chi connectivity index (χ2n) is 8.29. The highest BCUT2D eigenvalue weighted by Crippen LogP contribution is 2.64. The summed E-state index contributed by atoms with van der Waals surface area (Å²) in [4.78, 5) is 12.3. The maximum atomic E-state index is 6.24. The van der Waals surface area contributed by atoms with Crippen LogP contribution in [0.2, 0.25) is 0 Å². The first-order chi connectivity index (χ1) is 9.70. The van der Waals surface area contributed by atoms with Gasteiger partial charge in [-0.25, -0.2) is 9.78 Å². The van der Waals surface area contributed by atoms with E-state index >= 15 is 0 Å². The molecule has 1 spiro atoms. The Balaban J connectivity index is 1.59. The van der Waals surface area contributed by atoms with Crippen LogP contribution in [0.4, 0.5) is 0 Å². The Hall–Kier alpha value is -0.0800. The Kier molecular flexibility index (Phi) is 3.20. The van der Waals surface area contributed by atoms with Gasteiger partial charge >= 0.3 is 0 Å². The van der Waals surface area contributed by atoms with E-state index in [2.05, 4.69) is 13.8 Å². The van der Waals surface area contributed by atoms with E-state index in [1.54, 1.807) is 0 Å². The lowest BCUT2D eigenvalue weighted by Crippen LogP contribution is -2.57. The summed E-state index contributed by atoms with van der Waals surface area (Å²) in [6, 6.07) is 0. The van der Waals surface area contributed by atoms with Gasteiger partial charge in [-0.15, -0.1) is 0 Å². The summed E-state index contributed by atoms with van der Waals surface area (Å²) in [5.41, 5.74) is 0.149. The zero-order chi connectivity index (χ0) is 13.8. The van der Waals surface area contributed by atoms with E-state index < -0.39 is 0 Å². The third-order valence-corrected chi connectivity index (χ3v) is 6.90. The van der Waals surface area contributed by atoms with Crippen molar-refractivity contribution in [3.8, 4) is 0 Å². The maximum absolute atomic E-state index is 6.24. The number of rotatable bonds is 4. The van der Waals surface area contributed by atoms with Crippen LogP contribution in [0.25, 0.3) is 0 Å². The van der Waals surface area contributed by atoms with Gasteiger partial charge in [-0.3, -0.25) is 0 Å². The first-order valence-electron chi connectivity index (χ1n) is 9.06. The Labute approximate surface area is 123 Å². The third kappa shape index (κ3) is 1.83. The van der Waals surface area contributed by atoms with Crippen molar-refractivity contribution in [2.45, 2.75) is 89.3 Å². The summed E-state index contributed by atoms with van der Waals surface area (Å²) in [7, 11) is 0. The summed E-state index contributed by atoms with van der Waals surface area (Å²) in [5, 5.41) is 0. The van der Waals surface area contributed by atoms with Crippen LogP contribution in [-0.2, 0) is 9.78 Å². The molecule has 1 heterocycles. The monoisotopic (exact) mass is 278 g/mol. The van der Waals surface area contributed by atoms with Crippen LogP contribution >= 0.6 is 0 Å². The summed E-state index contributed by atoms with van der Waals surface area (Å²) in [6.45, 7) is 4.56. The molecule has 2 heteroatoms. The lowest BCUT2D eigenvalue weighted by molar-refractivity contribution is -0.383. The highest BCUT2D eigenvalue weighted by atomic mass is 17.2. The van der Waals surface area contributed by atoms with Crippen molar-refractivity contribution in [1.29, 1.82) is 0 Å². The van der Waals surface area contributed by atoms with Crippen LogP contribution in [0, 0.1) is 23.7 Å². The van der Waals surface area contributed by atoms with Gasteiger partial charge in [0.05, 0.1) is 0 Å². The van der Waals surface area contributed by atoms with Gasteiger partial charge < -0.3 is 0 Å². The molecular weight excluding hydrogens is 248 g/mol. The molecule has 0 N–H and O–H groups in total. The molecular formula is C18H30O2. The fourth-order valence-electron chi connectivity index (χ4n) is 6.43. The fourth-order valence-corrected chi connectivity index (χ4v) is 6.43. The molecule has 5 fully saturated rings. The molecule has 114 valence electrons. The molecule has 0 aromatic rings. The fraction of sp³-hybridized carbons (Fsp3) is 1.00. The first kappa shape index (κ1) is 13.6. The number of hydrogen-bond acceptors (Lipinski definition) is 2. The van der Waals surface area contributed by atoms with Crippen molar-refractivity contribution in [3.63, 3.8) is 0 Å². The molecule has 0 aromatic heterocycles. The largest absolute Gasteiger partial charge is 0.229 e. The molecule has 0 atom stereocenters. The molecule has 4 bridgehead atoms. The van der Waals surface area contributed by atoms with E-state index in [0.717, 1.165) is 23.7 Å². The molecule has 20 heavy (non-hydrogen) atoms. The van der Waals surface area contributed by atoms with Crippen molar-refractivity contribution < 1.29 is 9.78 Å². The second-order valence-corrected chi connectivity index (χ2v) is 8.29. The van der Waals surface area contributed by atoms with E-state index in [0.29, 0.717) is 0 Å². The highest BCUT2D eigenvalue weighted by Gasteiger charge is 2.64. The van der Waals surface area contributed by atoms with Gasteiger partial charge in [-0.2, -0.15) is 0 Å². The van der Waals surface area contributed by atoms with E-state index in [-0.39, 0.29) is 11.2 Å². The minimum Gasteiger partial charge on any atom is -0.229 e. The van der Waals surface area contributed by atoms with Crippen molar-refractivity contribution in [3.05, 3.63) is 0 Å². The predicted molar refractivity (Wildman–Crippen MR) is 79.1 cm³/mol. The molecule has 4 aliphatic carbocycles. The minimum absolute atomic E-state index is 0.0405. The molecule has 1 aliphatic heterocycles. The van der Waals surface area contributed by atoms with Crippen LogP contribution in [-0.4, -0.2) is 11.2 Å². The molecule has 1 saturated heterocycles. The van der Waals surface area contributed by atoms with E-state index in [9.17, 15) is 0 Å². The molecule has 4 saturated carbocycles. The van der Waals surface area contributed by atoms with Gasteiger partial charge in [0.15, 0.2) is 0 Å². The maximum Gasteiger partial charge on any atom is 0.112 e. The Morgan fingerprint density at radius 1 is 0.800 bits per heavy atom. The Bertz CT molecular complexity index is 342. The van der Waals surface area contributed by atoms with Gasteiger partial charge in [0.2, 0.25) is 0 Å². The normalized spacial score (nSPS) is 48.3. The average molecular weight is 278 g/mol. The van der Waals surface area contributed by atoms with Crippen LogP contribution in [0.3, 0.4) is 0 Å². The van der Waals surface area contributed by atoms with Crippen LogP contribution < -0.4 is 0 Å². The zero-order valence-electron chi connectivity index (χ0n) is 13.2. The summed E-state index contributed by atoms with van der Waals surface area (Å²) in [6.07, 6.45) is 13.2. The van der Waals surface area contributed by atoms with Gasteiger partial charge in [0.25, 0.3) is 0 Å². The molecule has 5 aliphatic rings. The molecule has 2 nitrogen and oxygen atoms in total. The smallest absolute Gasteiger partial charge is 0.112 e. The van der Waals surface area contributed by atoms with E-state index in [1.807, 2.05) is 0 Å². The standard InChI is InChI=1S/C18H30O2/c1-3-5-17(6-4-2)12-18(20-19-17)15-8-13-7-14(10-15)11-16(18)9-13/h13-16H,3-12H2,1-2H3. The quantitative estimate of drug-likeness (QED) is 0.683. The van der Waals surface area contributed by atoms with Crippen LogP contribution in [0.5, 0.6) is 0 Å². The third-order valence-electron chi connectivity index (χ3n) is 6.90. The van der Waals surface area contributed by atoms with Gasteiger partial charge in [-0.05, 0) is 68.6 Å². The van der Waals surface area contributed by atoms with Crippen molar-refractivity contribution in [1.82, 2.24) is 0 Å². The summed E-state index contributed by atoms with van der Waals surface area (Å²) < 4.78 is 0. The molecule has 0 amide bonds. The van der Waals surface area contributed by atoms with Crippen LogP contribution in [0.15, 0.2) is 0 Å². The van der Waals surface area contributed by atoms with Gasteiger partial charge in [0, 0.05) is 6.42 Å². The van der Waals surface area contributed by atoms with Crippen LogP contribution in [0.1, 0.15) is 78.1 Å². The molecule has 5 rings (SSSR count). The SMILES string of the molecule is CCCC1(CCC)CC2(OO1)C1CC3CC(C1)CC2C3. The molecule has 0 aromatic carbocycles. The summed E-state index contributed by atoms with van der Waals surface area (Å²) >= 11 is 0. The lowest BCUT2D eigenvalue weighted by atomic mass is 9.48. The van der Waals surface area contributed by atoms with Crippen molar-refractivity contribution in [2.75, 3.05) is 0 Å². The highest BCUT2D eigenvalue weighted by molar-refractivity contribution is 5.11. The van der Waals surface area contributed by atoms with E-state index in [4.69, 9.17) is 9.78 Å². The lowest BCUT2D eigenvalue weighted by Gasteiger charge is -2.58. The molecule has 0 radical (unpaired) electrons. The van der Waals surface area contributed by atoms with Crippen molar-refractivity contribution in [2.24, 2.45) is 23.7 Å². The second kappa shape index (κ2) is 4.71.